The Morgan fingerprint density at radius 2 is 2.43 bits per heavy atom. The van der Waals surface area contributed by atoms with Crippen molar-refractivity contribution in [1.29, 1.82) is 0 Å². The molecule has 0 aliphatic heterocycles. The quantitative estimate of drug-likeness (QED) is 0.851. The Hall–Kier alpha value is -1.36. The van der Waals surface area contributed by atoms with Gasteiger partial charge in [-0.1, -0.05) is 6.08 Å². The number of rotatable bonds is 3. The fraction of sp³-hybridized carbons (Fsp3) is 0.111. The maximum absolute atomic E-state index is 4.32. The van der Waals surface area contributed by atoms with E-state index in [9.17, 15) is 0 Å². The van der Waals surface area contributed by atoms with E-state index in [0.29, 0.717) is 6.54 Å². The maximum atomic E-state index is 4.32. The molecule has 0 aromatic carbocycles. The molecule has 0 radical (unpaired) electrons. The second kappa shape index (κ2) is 3.79. The third kappa shape index (κ3) is 1.63. The van der Waals surface area contributed by atoms with Crippen molar-refractivity contribution in [3.8, 4) is 0 Å². The summed E-state index contributed by atoms with van der Waals surface area (Å²) in [6.45, 7) is 4.33. The predicted octanol–water partition coefficient (Wildman–Crippen LogP) is 2.09. The van der Waals surface area contributed by atoms with Gasteiger partial charge in [-0.15, -0.1) is 11.7 Å². The molecule has 0 aliphatic rings. The molecule has 0 spiro atoms. The summed E-state index contributed by atoms with van der Waals surface area (Å²) in [6.07, 6.45) is 3.51. The molecule has 0 unspecified atom stereocenters. The highest BCUT2D eigenvalue weighted by Gasteiger charge is 2.01. The number of anilines is 1. The summed E-state index contributed by atoms with van der Waals surface area (Å²) in [5, 5.41) is 7.43. The molecule has 0 bridgehead atoms. The smallest absolute Gasteiger partial charge is 0.154 e. The molecular formula is C9H9BrN4. The molecule has 0 saturated carbocycles. The fourth-order valence-corrected chi connectivity index (χ4v) is 1.48. The first kappa shape index (κ1) is 9.21. The van der Waals surface area contributed by atoms with Crippen LogP contribution < -0.4 is 5.32 Å². The summed E-state index contributed by atoms with van der Waals surface area (Å²) in [5.41, 5.74) is 0.820. The Morgan fingerprint density at radius 1 is 1.57 bits per heavy atom. The van der Waals surface area contributed by atoms with Gasteiger partial charge in [0.1, 0.15) is 10.4 Å². The SMILES string of the molecule is C=CCNc1ccc2ncc(Br)n2n1. The van der Waals surface area contributed by atoms with Crippen molar-refractivity contribution >= 4 is 27.4 Å². The highest BCUT2D eigenvalue weighted by atomic mass is 79.9. The molecule has 2 heterocycles. The minimum Gasteiger partial charge on any atom is -0.365 e. The van der Waals surface area contributed by atoms with E-state index < -0.39 is 0 Å². The van der Waals surface area contributed by atoms with Crippen molar-refractivity contribution < 1.29 is 0 Å². The van der Waals surface area contributed by atoms with E-state index in [1.807, 2.05) is 12.1 Å². The molecule has 4 nitrogen and oxygen atoms in total. The summed E-state index contributed by atoms with van der Waals surface area (Å²) in [5.74, 6) is 0.802. The number of aromatic nitrogens is 3. The van der Waals surface area contributed by atoms with Crippen LogP contribution in [0.2, 0.25) is 0 Å². The van der Waals surface area contributed by atoms with Crippen molar-refractivity contribution in [3.63, 3.8) is 0 Å². The Labute approximate surface area is 89.8 Å². The van der Waals surface area contributed by atoms with Crippen LogP contribution in [0.3, 0.4) is 0 Å². The zero-order valence-electron chi connectivity index (χ0n) is 7.44. The largest absolute Gasteiger partial charge is 0.365 e. The number of nitrogens with one attached hydrogen (secondary N) is 1. The van der Waals surface area contributed by atoms with Crippen LogP contribution in [0.1, 0.15) is 0 Å². The second-order valence-corrected chi connectivity index (χ2v) is 3.55. The molecule has 2 aromatic rings. The van der Waals surface area contributed by atoms with Gasteiger partial charge in [0.15, 0.2) is 5.65 Å². The highest BCUT2D eigenvalue weighted by molar-refractivity contribution is 9.10. The summed E-state index contributed by atoms with van der Waals surface area (Å²) >= 11 is 3.36. The lowest BCUT2D eigenvalue weighted by Gasteiger charge is -2.02. The monoisotopic (exact) mass is 252 g/mol. The summed E-state index contributed by atoms with van der Waals surface area (Å²) in [6, 6.07) is 3.79. The second-order valence-electron chi connectivity index (χ2n) is 2.74. The minimum atomic E-state index is 0.699. The van der Waals surface area contributed by atoms with E-state index in [2.05, 4.69) is 37.9 Å². The van der Waals surface area contributed by atoms with Gasteiger partial charge >= 0.3 is 0 Å². The summed E-state index contributed by atoms with van der Waals surface area (Å²) in [7, 11) is 0. The zero-order valence-corrected chi connectivity index (χ0v) is 9.03. The van der Waals surface area contributed by atoms with Crippen molar-refractivity contribution in [1.82, 2.24) is 14.6 Å². The van der Waals surface area contributed by atoms with Gasteiger partial charge in [0, 0.05) is 6.54 Å². The molecule has 0 saturated heterocycles. The molecule has 72 valence electrons. The van der Waals surface area contributed by atoms with Crippen LogP contribution in [0.25, 0.3) is 5.65 Å². The van der Waals surface area contributed by atoms with E-state index in [1.165, 1.54) is 0 Å². The number of fused-ring (bicyclic) bond motifs is 1. The molecule has 0 atom stereocenters. The van der Waals surface area contributed by atoms with Gasteiger partial charge in [-0.05, 0) is 28.1 Å². The van der Waals surface area contributed by atoms with E-state index in [-0.39, 0.29) is 0 Å². The Bertz CT molecular complexity index is 463. The highest BCUT2D eigenvalue weighted by Crippen LogP contribution is 2.13. The lowest BCUT2D eigenvalue weighted by atomic mass is 10.5. The van der Waals surface area contributed by atoms with Gasteiger partial charge in [-0.3, -0.25) is 0 Å². The average molecular weight is 253 g/mol. The molecule has 0 aliphatic carbocycles. The van der Waals surface area contributed by atoms with Crippen LogP contribution >= 0.6 is 15.9 Å². The third-order valence-electron chi connectivity index (χ3n) is 1.75. The van der Waals surface area contributed by atoms with Crippen molar-refractivity contribution in [2.24, 2.45) is 0 Å². The Morgan fingerprint density at radius 3 is 3.21 bits per heavy atom. The maximum Gasteiger partial charge on any atom is 0.154 e. The molecule has 5 heteroatoms. The van der Waals surface area contributed by atoms with Gasteiger partial charge in [0.2, 0.25) is 0 Å². The Kier molecular flexibility index (Phi) is 2.49. The van der Waals surface area contributed by atoms with Crippen molar-refractivity contribution in [2.45, 2.75) is 0 Å². The van der Waals surface area contributed by atoms with Crippen LogP contribution in [0.15, 0.2) is 35.6 Å². The van der Waals surface area contributed by atoms with E-state index >= 15 is 0 Å². The predicted molar refractivity (Wildman–Crippen MR) is 59.4 cm³/mol. The van der Waals surface area contributed by atoms with Crippen molar-refractivity contribution in [2.75, 3.05) is 11.9 Å². The molecule has 1 N–H and O–H groups in total. The fourth-order valence-electron chi connectivity index (χ4n) is 1.12. The zero-order chi connectivity index (χ0) is 9.97. The first-order valence-electron chi connectivity index (χ1n) is 4.16. The molecular weight excluding hydrogens is 244 g/mol. The average Bonchev–Trinajstić information content (AvgIpc) is 2.57. The molecule has 2 aromatic heterocycles. The van der Waals surface area contributed by atoms with Crippen LogP contribution in [-0.4, -0.2) is 21.1 Å². The van der Waals surface area contributed by atoms with Gasteiger partial charge in [0.25, 0.3) is 0 Å². The van der Waals surface area contributed by atoms with Gasteiger partial charge < -0.3 is 5.32 Å². The topological polar surface area (TPSA) is 42.2 Å². The molecule has 2 rings (SSSR count). The van der Waals surface area contributed by atoms with Crippen LogP contribution in [-0.2, 0) is 0 Å². The van der Waals surface area contributed by atoms with Crippen LogP contribution in [0.4, 0.5) is 5.82 Å². The van der Waals surface area contributed by atoms with E-state index in [4.69, 9.17) is 0 Å². The first-order chi connectivity index (χ1) is 6.81. The van der Waals surface area contributed by atoms with Gasteiger partial charge in [0.05, 0.1) is 6.20 Å². The minimum absolute atomic E-state index is 0.699. The van der Waals surface area contributed by atoms with Crippen molar-refractivity contribution in [3.05, 3.63) is 35.6 Å². The van der Waals surface area contributed by atoms with Crippen LogP contribution in [0.5, 0.6) is 0 Å². The van der Waals surface area contributed by atoms with E-state index in [0.717, 1.165) is 16.1 Å². The van der Waals surface area contributed by atoms with Gasteiger partial charge in [-0.2, -0.15) is 0 Å². The third-order valence-corrected chi connectivity index (χ3v) is 2.29. The number of hydrogen-bond acceptors (Lipinski definition) is 3. The molecule has 0 amide bonds. The van der Waals surface area contributed by atoms with Gasteiger partial charge in [-0.25, -0.2) is 9.50 Å². The number of hydrogen-bond donors (Lipinski definition) is 1. The number of halogens is 1. The van der Waals surface area contributed by atoms with Crippen LogP contribution in [0, 0.1) is 0 Å². The lowest BCUT2D eigenvalue weighted by Crippen LogP contribution is -2.03. The molecule has 0 fully saturated rings. The molecule has 14 heavy (non-hydrogen) atoms. The Balaban J connectivity index is 2.39. The number of nitrogens with zero attached hydrogens (tertiary/aromatic N) is 3. The lowest BCUT2D eigenvalue weighted by molar-refractivity contribution is 0.915. The summed E-state index contributed by atoms with van der Waals surface area (Å²) < 4.78 is 2.57. The number of imidazole rings is 1. The summed E-state index contributed by atoms with van der Waals surface area (Å²) in [4.78, 5) is 4.15. The van der Waals surface area contributed by atoms with E-state index in [1.54, 1.807) is 16.8 Å². The standard InChI is InChI=1S/C9H9BrN4/c1-2-5-11-8-3-4-9-12-6-7(10)14(9)13-8/h2-4,6H,1,5H2,(H,11,13). The first-order valence-corrected chi connectivity index (χ1v) is 4.95. The normalized spacial score (nSPS) is 10.4.